The quantitative estimate of drug-likeness (QED) is 0.517. The number of aromatic amines is 1. The number of carbonyl (C=O) groups is 1. The van der Waals surface area contributed by atoms with E-state index >= 15 is 0 Å². The smallest absolute Gasteiger partial charge is 0.292 e. The van der Waals surface area contributed by atoms with Crippen LogP contribution < -0.4 is 0 Å². The highest BCUT2D eigenvalue weighted by Gasteiger charge is 2.39. The lowest BCUT2D eigenvalue weighted by atomic mass is 9.99. The number of alkyl halides is 2. The van der Waals surface area contributed by atoms with E-state index in [1.54, 1.807) is 10.7 Å². The molecule has 0 spiro atoms. The molecule has 0 fully saturated rings. The number of hydrogen-bond donors (Lipinski definition) is 2. The first-order valence-corrected chi connectivity index (χ1v) is 9.68. The number of nitrogens with one attached hydrogen (secondary N) is 1. The Bertz CT molecular complexity index is 1230. The molecule has 5 heterocycles. The first-order valence-electron chi connectivity index (χ1n) is 9.68. The Hall–Kier alpha value is -3.60. The van der Waals surface area contributed by atoms with Crippen LogP contribution in [0.25, 0.3) is 5.52 Å². The lowest BCUT2D eigenvalue weighted by Gasteiger charge is -2.33. The van der Waals surface area contributed by atoms with Gasteiger partial charge < -0.3 is 19.4 Å². The highest BCUT2D eigenvalue weighted by Crippen LogP contribution is 2.36. The van der Waals surface area contributed by atoms with Gasteiger partial charge in [0.05, 0.1) is 23.2 Å². The molecule has 2 N–H and O–H groups in total. The summed E-state index contributed by atoms with van der Waals surface area (Å²) in [4.78, 5) is 25.9. The molecule has 0 radical (unpaired) electrons. The van der Waals surface area contributed by atoms with Crippen molar-refractivity contribution in [2.75, 3.05) is 6.54 Å². The number of amides is 1. The largest absolute Gasteiger partial charge is 0.432 e. The topological polar surface area (TPSA) is 113 Å². The second-order valence-corrected chi connectivity index (χ2v) is 7.30. The van der Waals surface area contributed by atoms with Crippen LogP contribution in [0.3, 0.4) is 0 Å². The summed E-state index contributed by atoms with van der Waals surface area (Å²) < 4.78 is 34.1. The molecule has 1 aliphatic heterocycles. The number of pyridine rings is 1. The SMILES string of the molecule is C[C@@H](O)c1nc(C(F)F)c(C(=O)N2CCc3[nH]cnc3C2c2cc3ccccn3n2)o1. The van der Waals surface area contributed by atoms with Crippen LogP contribution in [0.5, 0.6) is 0 Å². The second-order valence-electron chi connectivity index (χ2n) is 7.30. The second kappa shape index (κ2) is 7.27. The van der Waals surface area contributed by atoms with Gasteiger partial charge in [-0.05, 0) is 25.1 Å². The van der Waals surface area contributed by atoms with Gasteiger partial charge in [0.25, 0.3) is 12.3 Å². The number of aromatic nitrogens is 5. The highest BCUT2D eigenvalue weighted by atomic mass is 19.3. The summed E-state index contributed by atoms with van der Waals surface area (Å²) in [5.74, 6) is -1.68. The molecule has 0 saturated heterocycles. The van der Waals surface area contributed by atoms with E-state index < -0.39 is 35.9 Å². The third-order valence-electron chi connectivity index (χ3n) is 5.28. The van der Waals surface area contributed by atoms with E-state index in [4.69, 9.17) is 4.42 Å². The highest BCUT2D eigenvalue weighted by molar-refractivity contribution is 5.93. The van der Waals surface area contributed by atoms with Gasteiger partial charge in [-0.1, -0.05) is 6.07 Å². The summed E-state index contributed by atoms with van der Waals surface area (Å²) in [6.45, 7) is 1.56. The predicted molar refractivity (Wildman–Crippen MR) is 102 cm³/mol. The van der Waals surface area contributed by atoms with E-state index in [0.717, 1.165) is 11.2 Å². The fraction of sp³-hybridized carbons (Fsp3) is 0.300. The van der Waals surface area contributed by atoms with Crippen LogP contribution >= 0.6 is 0 Å². The van der Waals surface area contributed by atoms with Crippen molar-refractivity contribution in [2.45, 2.75) is 31.9 Å². The first-order chi connectivity index (χ1) is 14.9. The van der Waals surface area contributed by atoms with E-state index in [0.29, 0.717) is 17.8 Å². The number of halogens is 2. The molecule has 1 aliphatic rings. The van der Waals surface area contributed by atoms with Gasteiger partial charge in [-0.25, -0.2) is 23.3 Å². The molecule has 0 bridgehead atoms. The van der Waals surface area contributed by atoms with Crippen LogP contribution in [-0.4, -0.2) is 47.0 Å². The fourth-order valence-corrected chi connectivity index (χ4v) is 3.85. The van der Waals surface area contributed by atoms with E-state index in [9.17, 15) is 18.7 Å². The zero-order valence-corrected chi connectivity index (χ0v) is 16.4. The van der Waals surface area contributed by atoms with Gasteiger partial charge in [0.1, 0.15) is 12.1 Å². The molecular weight excluding hydrogens is 410 g/mol. The number of H-pyrrole nitrogens is 1. The van der Waals surface area contributed by atoms with Crippen LogP contribution in [0.15, 0.2) is 41.2 Å². The lowest BCUT2D eigenvalue weighted by Crippen LogP contribution is -2.41. The van der Waals surface area contributed by atoms with Crippen LogP contribution in [0.1, 0.15) is 64.7 Å². The normalized spacial score (nSPS) is 17.3. The molecule has 4 aromatic rings. The maximum atomic E-state index is 13.6. The third kappa shape index (κ3) is 3.17. The molecule has 0 aromatic carbocycles. The van der Waals surface area contributed by atoms with Crippen molar-refractivity contribution in [2.24, 2.45) is 0 Å². The molecule has 0 aliphatic carbocycles. The Kier molecular flexibility index (Phi) is 4.54. The average Bonchev–Trinajstić information content (AvgIpc) is 3.49. The lowest BCUT2D eigenvalue weighted by molar-refractivity contribution is 0.0631. The van der Waals surface area contributed by atoms with Crippen molar-refractivity contribution >= 4 is 11.4 Å². The number of fused-ring (bicyclic) bond motifs is 2. The molecule has 2 atom stereocenters. The number of carbonyl (C=O) groups excluding carboxylic acids is 1. The van der Waals surface area contributed by atoms with Gasteiger partial charge in [0.15, 0.2) is 5.69 Å². The molecule has 1 unspecified atom stereocenters. The van der Waals surface area contributed by atoms with Gasteiger partial charge in [-0.15, -0.1) is 0 Å². The average molecular weight is 428 g/mol. The standard InChI is InChI=1S/C20H18F2N6O3/c1-10(29)19-25-15(18(21)22)17(31-19)20(30)27-7-5-12-14(24-9-23-12)16(27)13-8-11-4-2-3-6-28(11)26-13/h2-4,6,8-10,16,18,29H,5,7H2,1H3,(H,23,24)/t10-,16?/m1/s1. The molecule has 31 heavy (non-hydrogen) atoms. The summed E-state index contributed by atoms with van der Waals surface area (Å²) in [7, 11) is 0. The summed E-state index contributed by atoms with van der Waals surface area (Å²) in [6.07, 6.45) is -0.486. The molecule has 160 valence electrons. The number of imidazole rings is 1. The monoisotopic (exact) mass is 428 g/mol. The number of rotatable bonds is 4. The van der Waals surface area contributed by atoms with Gasteiger partial charge in [-0.3, -0.25) is 4.79 Å². The Morgan fingerprint density at radius 1 is 1.39 bits per heavy atom. The van der Waals surface area contributed by atoms with Crippen molar-refractivity contribution in [3.63, 3.8) is 0 Å². The van der Waals surface area contributed by atoms with Crippen molar-refractivity contribution in [1.82, 2.24) is 29.5 Å². The van der Waals surface area contributed by atoms with Gasteiger partial charge in [0, 0.05) is 24.9 Å². The van der Waals surface area contributed by atoms with E-state index in [2.05, 4.69) is 20.1 Å². The van der Waals surface area contributed by atoms with E-state index in [1.807, 2.05) is 24.3 Å². The zero-order chi connectivity index (χ0) is 21.7. The maximum absolute atomic E-state index is 13.6. The summed E-state index contributed by atoms with van der Waals surface area (Å²) in [5.41, 5.74) is 2.01. The summed E-state index contributed by atoms with van der Waals surface area (Å²) >= 11 is 0. The van der Waals surface area contributed by atoms with Crippen molar-refractivity contribution in [3.8, 4) is 0 Å². The molecule has 11 heteroatoms. The fourth-order valence-electron chi connectivity index (χ4n) is 3.85. The minimum absolute atomic E-state index is 0.236. The van der Waals surface area contributed by atoms with Crippen molar-refractivity contribution in [1.29, 1.82) is 0 Å². The molecule has 1 amide bonds. The molecule has 5 rings (SSSR count). The number of oxazole rings is 1. The Morgan fingerprint density at radius 2 is 2.23 bits per heavy atom. The number of hydrogen-bond acceptors (Lipinski definition) is 6. The van der Waals surface area contributed by atoms with Crippen LogP contribution in [0, 0.1) is 0 Å². The van der Waals surface area contributed by atoms with Gasteiger partial charge in [0.2, 0.25) is 11.7 Å². The van der Waals surface area contributed by atoms with Gasteiger partial charge >= 0.3 is 0 Å². The Morgan fingerprint density at radius 3 is 2.97 bits per heavy atom. The Balaban J connectivity index is 1.61. The number of aliphatic hydroxyl groups excluding tert-OH is 1. The predicted octanol–water partition coefficient (Wildman–Crippen LogP) is 2.82. The minimum atomic E-state index is -3.03. The summed E-state index contributed by atoms with van der Waals surface area (Å²) in [5, 5.41) is 14.3. The van der Waals surface area contributed by atoms with Crippen LogP contribution in [0.2, 0.25) is 0 Å². The zero-order valence-electron chi connectivity index (χ0n) is 16.4. The summed E-state index contributed by atoms with van der Waals surface area (Å²) in [6, 6.07) is 6.69. The molecular formula is C20H18F2N6O3. The first kappa shape index (κ1) is 19.4. The van der Waals surface area contributed by atoms with E-state index in [1.165, 1.54) is 18.2 Å². The van der Waals surface area contributed by atoms with Crippen LogP contribution in [0.4, 0.5) is 8.78 Å². The van der Waals surface area contributed by atoms with Crippen molar-refractivity contribution in [3.05, 3.63) is 71.2 Å². The number of nitrogens with zero attached hydrogens (tertiary/aromatic N) is 5. The van der Waals surface area contributed by atoms with Crippen LogP contribution in [-0.2, 0) is 6.42 Å². The molecule has 0 saturated carbocycles. The minimum Gasteiger partial charge on any atom is -0.432 e. The van der Waals surface area contributed by atoms with Gasteiger partial charge in [-0.2, -0.15) is 5.10 Å². The molecule has 4 aromatic heterocycles. The molecule has 9 nitrogen and oxygen atoms in total. The maximum Gasteiger partial charge on any atom is 0.292 e. The van der Waals surface area contributed by atoms with E-state index in [-0.39, 0.29) is 12.4 Å². The third-order valence-corrected chi connectivity index (χ3v) is 5.28. The van der Waals surface area contributed by atoms with Crippen molar-refractivity contribution < 1.29 is 23.1 Å². The number of aliphatic hydroxyl groups is 1. The Labute approximate surface area is 174 Å².